The molecule has 0 bridgehead atoms. The normalized spacial score (nSPS) is 19.7. The third-order valence-electron chi connectivity index (χ3n) is 2.14. The van der Waals surface area contributed by atoms with Crippen molar-refractivity contribution in [1.29, 1.82) is 0 Å². The van der Waals surface area contributed by atoms with Crippen LogP contribution >= 0.6 is 15.9 Å². The van der Waals surface area contributed by atoms with Gasteiger partial charge in [0, 0.05) is 23.5 Å². The minimum atomic E-state index is -0.391. The van der Waals surface area contributed by atoms with E-state index in [4.69, 9.17) is 4.74 Å². The summed E-state index contributed by atoms with van der Waals surface area (Å²) >= 11 is 3.23. The number of hydrogen-bond donors (Lipinski definition) is 0. The Bertz CT molecular complexity index is 463. The maximum atomic E-state index is 13.7. The second kappa shape index (κ2) is 4.35. The van der Waals surface area contributed by atoms with Crippen LogP contribution in [0.3, 0.4) is 0 Å². The van der Waals surface area contributed by atoms with E-state index in [1.165, 1.54) is 6.08 Å². The van der Waals surface area contributed by atoms with Crippen LogP contribution in [0.4, 0.5) is 4.39 Å². The quantitative estimate of drug-likeness (QED) is 0.779. The van der Waals surface area contributed by atoms with Crippen molar-refractivity contribution in [2.24, 2.45) is 4.99 Å². The van der Waals surface area contributed by atoms with Gasteiger partial charge >= 0.3 is 0 Å². The molecule has 0 aromatic rings. The largest absolute Gasteiger partial charge is 0.378 e. The second-order valence-electron chi connectivity index (χ2n) is 3.37. The Hall–Kier alpha value is -1.20. The first kappa shape index (κ1) is 11.3. The fourth-order valence-corrected chi connectivity index (χ4v) is 1.91. The maximum Gasteiger partial charge on any atom is 0.173 e. The summed E-state index contributed by atoms with van der Waals surface area (Å²) in [6, 6.07) is 0. The fraction of sp³-hybridized carbons (Fsp3) is 0.182. The van der Waals surface area contributed by atoms with Crippen LogP contribution in [0.2, 0.25) is 0 Å². The predicted octanol–water partition coefficient (Wildman–Crippen LogP) is 2.85. The number of hydrogen-bond acceptors (Lipinski definition) is 3. The summed E-state index contributed by atoms with van der Waals surface area (Å²) in [7, 11) is 1.57. The molecule has 3 nitrogen and oxygen atoms in total. The fourth-order valence-electron chi connectivity index (χ4n) is 1.50. The third-order valence-corrected chi connectivity index (χ3v) is 2.58. The lowest BCUT2D eigenvalue weighted by molar-refractivity contribution is 0.224. The number of halogens is 2. The molecule has 0 N–H and O–H groups in total. The van der Waals surface area contributed by atoms with E-state index < -0.39 is 5.83 Å². The molecule has 0 saturated carbocycles. The summed E-state index contributed by atoms with van der Waals surface area (Å²) in [5, 5.41) is 0. The van der Waals surface area contributed by atoms with Crippen LogP contribution in [-0.4, -0.2) is 24.5 Å². The molecule has 0 saturated heterocycles. The van der Waals surface area contributed by atoms with Crippen LogP contribution in [0.5, 0.6) is 0 Å². The molecule has 5 heteroatoms. The lowest BCUT2D eigenvalue weighted by atomic mass is 10.2. The molecule has 0 radical (unpaired) electrons. The molecule has 0 amide bonds. The molecule has 2 rings (SSSR count). The summed E-state index contributed by atoms with van der Waals surface area (Å²) in [5.41, 5.74) is 1.32. The SMILES string of the molecule is C=C1C=C(COC)N=C2C(F)=CC(Br)=CN12. The number of ether oxygens (including phenoxy) is 1. The predicted molar refractivity (Wildman–Crippen MR) is 64.6 cm³/mol. The molecule has 0 aromatic carbocycles. The van der Waals surface area contributed by atoms with E-state index in [2.05, 4.69) is 27.5 Å². The van der Waals surface area contributed by atoms with Crippen molar-refractivity contribution in [3.63, 3.8) is 0 Å². The Labute approximate surface area is 101 Å². The Morgan fingerprint density at radius 2 is 2.31 bits per heavy atom. The van der Waals surface area contributed by atoms with Gasteiger partial charge in [-0.05, 0) is 28.1 Å². The van der Waals surface area contributed by atoms with E-state index in [0.29, 0.717) is 22.5 Å². The van der Waals surface area contributed by atoms with Gasteiger partial charge in [0.15, 0.2) is 11.7 Å². The highest BCUT2D eigenvalue weighted by Crippen LogP contribution is 2.28. The van der Waals surface area contributed by atoms with E-state index >= 15 is 0 Å². The number of aliphatic imine (C=N–C) groups is 1. The van der Waals surface area contributed by atoms with Gasteiger partial charge < -0.3 is 4.74 Å². The molecule has 0 aliphatic carbocycles. The molecule has 0 atom stereocenters. The van der Waals surface area contributed by atoms with Gasteiger partial charge in [0.2, 0.25) is 0 Å². The van der Waals surface area contributed by atoms with Gasteiger partial charge in [0.1, 0.15) is 0 Å². The molecule has 84 valence electrons. The molecular formula is C11H10BrFN2O. The Kier molecular flexibility index (Phi) is 3.07. The number of amidine groups is 1. The summed E-state index contributed by atoms with van der Waals surface area (Å²) < 4.78 is 19.3. The first-order valence-corrected chi connectivity index (χ1v) is 5.42. The summed E-state index contributed by atoms with van der Waals surface area (Å²) in [5.74, 6) is -0.139. The lowest BCUT2D eigenvalue weighted by Gasteiger charge is -2.28. The van der Waals surface area contributed by atoms with Crippen molar-refractivity contribution in [3.05, 3.63) is 46.6 Å². The highest BCUT2D eigenvalue weighted by Gasteiger charge is 2.24. The highest BCUT2D eigenvalue weighted by atomic mass is 79.9. The smallest absolute Gasteiger partial charge is 0.173 e. The molecular weight excluding hydrogens is 275 g/mol. The van der Waals surface area contributed by atoms with E-state index in [0.717, 1.165) is 0 Å². The van der Waals surface area contributed by atoms with E-state index in [9.17, 15) is 4.39 Å². The highest BCUT2D eigenvalue weighted by molar-refractivity contribution is 9.11. The van der Waals surface area contributed by atoms with Gasteiger partial charge in [-0.15, -0.1) is 0 Å². The van der Waals surface area contributed by atoms with Crippen molar-refractivity contribution >= 4 is 21.8 Å². The van der Waals surface area contributed by atoms with Crippen molar-refractivity contribution < 1.29 is 9.13 Å². The average Bonchev–Trinajstić information content (AvgIpc) is 2.20. The standard InChI is InChI=1S/C11H10BrFN2O/c1-7-3-9(6-16-2)14-11-10(13)4-8(12)5-15(7)11/h3-5H,1,6H2,2H3. The molecule has 16 heavy (non-hydrogen) atoms. The number of fused-ring (bicyclic) bond motifs is 1. The molecule has 2 aliphatic rings. The zero-order valence-electron chi connectivity index (χ0n) is 8.70. The second-order valence-corrected chi connectivity index (χ2v) is 4.29. The number of rotatable bonds is 2. The van der Waals surface area contributed by atoms with Gasteiger partial charge in [0.25, 0.3) is 0 Å². The van der Waals surface area contributed by atoms with E-state index in [-0.39, 0.29) is 5.84 Å². The molecule has 2 aliphatic heterocycles. The maximum absolute atomic E-state index is 13.7. The van der Waals surface area contributed by atoms with Gasteiger partial charge in [-0.25, -0.2) is 9.38 Å². The van der Waals surface area contributed by atoms with Crippen molar-refractivity contribution in [2.45, 2.75) is 0 Å². The van der Waals surface area contributed by atoms with Crippen LogP contribution in [0, 0.1) is 0 Å². The average molecular weight is 285 g/mol. The minimum absolute atomic E-state index is 0.253. The van der Waals surface area contributed by atoms with Crippen LogP contribution in [0.1, 0.15) is 0 Å². The van der Waals surface area contributed by atoms with Crippen LogP contribution in [0.25, 0.3) is 0 Å². The third kappa shape index (κ3) is 2.01. The monoisotopic (exact) mass is 284 g/mol. The minimum Gasteiger partial charge on any atom is -0.378 e. The zero-order chi connectivity index (χ0) is 11.7. The van der Waals surface area contributed by atoms with Crippen molar-refractivity contribution in [2.75, 3.05) is 13.7 Å². The lowest BCUT2D eigenvalue weighted by Crippen LogP contribution is -2.30. The number of methoxy groups -OCH3 is 1. The number of allylic oxidation sites excluding steroid dienone is 3. The topological polar surface area (TPSA) is 24.8 Å². The first-order valence-electron chi connectivity index (χ1n) is 4.63. The molecule has 2 heterocycles. The van der Waals surface area contributed by atoms with Gasteiger partial charge in [0.05, 0.1) is 12.3 Å². The Morgan fingerprint density at radius 1 is 1.56 bits per heavy atom. The van der Waals surface area contributed by atoms with Crippen molar-refractivity contribution in [3.8, 4) is 0 Å². The van der Waals surface area contributed by atoms with Crippen molar-refractivity contribution in [1.82, 2.24) is 4.90 Å². The Morgan fingerprint density at radius 3 is 3.00 bits per heavy atom. The Balaban J connectivity index is 2.38. The first-order chi connectivity index (χ1) is 7.61. The summed E-state index contributed by atoms with van der Waals surface area (Å²) in [6.45, 7) is 4.20. The van der Waals surface area contributed by atoms with E-state index in [1.54, 1.807) is 24.3 Å². The van der Waals surface area contributed by atoms with E-state index in [1.807, 2.05) is 0 Å². The molecule has 0 unspecified atom stereocenters. The zero-order valence-corrected chi connectivity index (χ0v) is 10.3. The molecule has 0 fully saturated rings. The molecule has 0 spiro atoms. The van der Waals surface area contributed by atoms with Crippen LogP contribution in [-0.2, 0) is 4.74 Å². The van der Waals surface area contributed by atoms with Crippen LogP contribution < -0.4 is 0 Å². The summed E-state index contributed by atoms with van der Waals surface area (Å²) in [4.78, 5) is 5.76. The van der Waals surface area contributed by atoms with Gasteiger partial charge in [-0.3, -0.25) is 4.90 Å². The summed E-state index contributed by atoms with van der Waals surface area (Å²) in [6.07, 6.45) is 4.87. The van der Waals surface area contributed by atoms with Gasteiger partial charge in [-0.1, -0.05) is 6.58 Å². The van der Waals surface area contributed by atoms with Gasteiger partial charge in [-0.2, -0.15) is 0 Å². The van der Waals surface area contributed by atoms with Crippen LogP contribution in [0.15, 0.2) is 51.6 Å². The molecule has 0 aromatic heterocycles. The number of nitrogens with zero attached hydrogens (tertiary/aromatic N) is 2.